The van der Waals surface area contributed by atoms with Crippen LogP contribution in [0.3, 0.4) is 0 Å². The van der Waals surface area contributed by atoms with Crippen LogP contribution in [0.2, 0.25) is 0 Å². The molecule has 1 heteroatoms. The second-order valence-electron chi connectivity index (χ2n) is 9.75. The van der Waals surface area contributed by atoms with Crippen molar-refractivity contribution in [3.8, 4) is 0 Å². The monoisotopic (exact) mass is 395 g/mol. The van der Waals surface area contributed by atoms with E-state index in [1.807, 2.05) is 0 Å². The fraction of sp³-hybridized carbons (Fsp3) is 1.00. The van der Waals surface area contributed by atoms with Crippen LogP contribution in [0.15, 0.2) is 0 Å². The van der Waals surface area contributed by atoms with Gasteiger partial charge in [0, 0.05) is 0 Å². The first kappa shape index (κ1) is 28.0. The molecule has 0 aliphatic heterocycles. The Hall–Kier alpha value is -0.0400. The molecular formula is C27H57N. The van der Waals surface area contributed by atoms with Gasteiger partial charge >= 0.3 is 0 Å². The van der Waals surface area contributed by atoms with Crippen molar-refractivity contribution in [3.63, 3.8) is 0 Å². The lowest BCUT2D eigenvalue weighted by Crippen LogP contribution is -1.97. The zero-order valence-corrected chi connectivity index (χ0v) is 20.1. The molecule has 0 fully saturated rings. The summed E-state index contributed by atoms with van der Waals surface area (Å²) >= 11 is 0. The first-order chi connectivity index (χ1) is 13.8. The maximum Gasteiger partial charge on any atom is -0.00773 e. The summed E-state index contributed by atoms with van der Waals surface area (Å²) in [5.74, 6) is 0.895. The highest BCUT2D eigenvalue weighted by Crippen LogP contribution is 2.16. The van der Waals surface area contributed by atoms with Gasteiger partial charge in [-0.3, -0.25) is 0 Å². The lowest BCUT2D eigenvalue weighted by Gasteiger charge is -2.05. The summed E-state index contributed by atoms with van der Waals surface area (Å²) in [7, 11) is 0. The average Bonchev–Trinajstić information content (AvgIpc) is 2.68. The molecule has 0 amide bonds. The summed E-state index contributed by atoms with van der Waals surface area (Å²) in [5.41, 5.74) is 5.52. The van der Waals surface area contributed by atoms with E-state index in [0.717, 1.165) is 12.5 Å². The molecule has 0 rings (SSSR count). The van der Waals surface area contributed by atoms with Gasteiger partial charge in [-0.05, 0) is 18.9 Å². The van der Waals surface area contributed by atoms with Crippen LogP contribution in [0.4, 0.5) is 0 Å². The summed E-state index contributed by atoms with van der Waals surface area (Å²) in [4.78, 5) is 0. The molecule has 0 unspecified atom stereocenters. The van der Waals surface area contributed by atoms with Crippen molar-refractivity contribution < 1.29 is 0 Å². The number of hydrogen-bond acceptors (Lipinski definition) is 1. The summed E-state index contributed by atoms with van der Waals surface area (Å²) in [6.45, 7) is 5.56. The van der Waals surface area contributed by atoms with E-state index in [4.69, 9.17) is 5.73 Å². The van der Waals surface area contributed by atoms with Gasteiger partial charge in [0.05, 0.1) is 0 Å². The van der Waals surface area contributed by atoms with Gasteiger partial charge in [0.1, 0.15) is 0 Å². The van der Waals surface area contributed by atoms with Crippen molar-refractivity contribution in [1.29, 1.82) is 0 Å². The van der Waals surface area contributed by atoms with Crippen LogP contribution in [0.1, 0.15) is 162 Å². The van der Waals surface area contributed by atoms with Gasteiger partial charge in [0.25, 0.3) is 0 Å². The van der Waals surface area contributed by atoms with E-state index in [1.54, 1.807) is 0 Å². The van der Waals surface area contributed by atoms with Crippen molar-refractivity contribution in [2.24, 2.45) is 11.7 Å². The third kappa shape index (κ3) is 26.0. The fourth-order valence-electron chi connectivity index (χ4n) is 4.23. The lowest BCUT2D eigenvalue weighted by atomic mass is 10.0. The quantitative estimate of drug-likeness (QED) is 0.162. The van der Waals surface area contributed by atoms with Crippen molar-refractivity contribution in [1.82, 2.24) is 0 Å². The highest BCUT2D eigenvalue weighted by atomic mass is 14.5. The fourth-order valence-corrected chi connectivity index (χ4v) is 4.23. The Morgan fingerprint density at radius 1 is 0.357 bits per heavy atom. The standard InChI is InChI=1S/C27H57N/c1-27(2)25-23-21-19-17-15-13-11-9-7-5-3-4-6-8-10-12-14-16-18-20-22-24-26-28/h27H,3-26,28H2,1-2H3. The van der Waals surface area contributed by atoms with Crippen molar-refractivity contribution in [2.75, 3.05) is 6.54 Å². The molecule has 1 nitrogen and oxygen atoms in total. The molecule has 0 saturated heterocycles. The highest BCUT2D eigenvalue weighted by molar-refractivity contribution is 4.52. The molecule has 2 N–H and O–H groups in total. The van der Waals surface area contributed by atoms with E-state index in [-0.39, 0.29) is 0 Å². The van der Waals surface area contributed by atoms with E-state index in [2.05, 4.69) is 13.8 Å². The number of hydrogen-bond donors (Lipinski definition) is 1. The van der Waals surface area contributed by atoms with Gasteiger partial charge in [-0.1, -0.05) is 155 Å². The smallest absolute Gasteiger partial charge is 0.00773 e. The van der Waals surface area contributed by atoms with Gasteiger partial charge in [0.15, 0.2) is 0 Å². The number of unbranched alkanes of at least 4 members (excludes halogenated alkanes) is 21. The Kier molecular flexibility index (Phi) is 25.0. The van der Waals surface area contributed by atoms with Gasteiger partial charge in [-0.2, -0.15) is 0 Å². The van der Waals surface area contributed by atoms with E-state index >= 15 is 0 Å². The summed E-state index contributed by atoms with van der Waals surface area (Å²) < 4.78 is 0. The number of nitrogens with two attached hydrogens (primary N) is 1. The first-order valence-corrected chi connectivity index (χ1v) is 13.5. The summed E-state index contributed by atoms with van der Waals surface area (Å²) in [5, 5.41) is 0. The second-order valence-corrected chi connectivity index (χ2v) is 9.75. The predicted molar refractivity (Wildman–Crippen MR) is 130 cm³/mol. The highest BCUT2D eigenvalue weighted by Gasteiger charge is 1.97. The van der Waals surface area contributed by atoms with Crippen LogP contribution in [0.25, 0.3) is 0 Å². The van der Waals surface area contributed by atoms with Gasteiger partial charge in [0.2, 0.25) is 0 Å². The average molecular weight is 396 g/mol. The molecule has 0 spiro atoms. The molecule has 0 aromatic heterocycles. The Labute approximate surface area is 180 Å². The Morgan fingerprint density at radius 3 is 0.786 bits per heavy atom. The van der Waals surface area contributed by atoms with E-state index in [0.29, 0.717) is 0 Å². The molecule has 0 aromatic carbocycles. The van der Waals surface area contributed by atoms with Gasteiger partial charge in [-0.15, -0.1) is 0 Å². The number of rotatable bonds is 24. The van der Waals surface area contributed by atoms with Crippen molar-refractivity contribution in [3.05, 3.63) is 0 Å². The first-order valence-electron chi connectivity index (χ1n) is 13.5. The largest absolute Gasteiger partial charge is 0.330 e. The van der Waals surface area contributed by atoms with Crippen molar-refractivity contribution in [2.45, 2.75) is 162 Å². The molecule has 0 bridgehead atoms. The van der Waals surface area contributed by atoms with Crippen LogP contribution in [-0.2, 0) is 0 Å². The molecule has 0 atom stereocenters. The van der Waals surface area contributed by atoms with Crippen LogP contribution in [-0.4, -0.2) is 6.54 Å². The maximum absolute atomic E-state index is 5.52. The third-order valence-electron chi connectivity index (χ3n) is 6.24. The Balaban J connectivity index is 2.98. The van der Waals surface area contributed by atoms with Crippen LogP contribution >= 0.6 is 0 Å². The van der Waals surface area contributed by atoms with Crippen molar-refractivity contribution >= 4 is 0 Å². The molecule has 170 valence electrons. The molecule has 0 aromatic rings. The van der Waals surface area contributed by atoms with E-state index in [9.17, 15) is 0 Å². The van der Waals surface area contributed by atoms with E-state index in [1.165, 1.54) is 148 Å². The molecule has 0 aliphatic rings. The minimum Gasteiger partial charge on any atom is -0.330 e. The Bertz CT molecular complexity index is 261. The third-order valence-corrected chi connectivity index (χ3v) is 6.24. The molecule has 0 radical (unpaired) electrons. The summed E-state index contributed by atoms with van der Waals surface area (Å²) in [6.07, 6.45) is 33.4. The van der Waals surface area contributed by atoms with Crippen LogP contribution in [0.5, 0.6) is 0 Å². The molecule has 0 aliphatic carbocycles. The predicted octanol–water partition coefficient (Wildman–Crippen LogP) is 9.57. The minimum absolute atomic E-state index is 0.874. The van der Waals surface area contributed by atoms with Gasteiger partial charge < -0.3 is 5.73 Å². The van der Waals surface area contributed by atoms with Crippen LogP contribution in [0, 0.1) is 5.92 Å². The normalized spacial score (nSPS) is 11.6. The maximum atomic E-state index is 5.52. The zero-order valence-electron chi connectivity index (χ0n) is 20.1. The lowest BCUT2D eigenvalue weighted by molar-refractivity contribution is 0.500. The Morgan fingerprint density at radius 2 is 0.571 bits per heavy atom. The second kappa shape index (κ2) is 25.0. The molecule has 0 heterocycles. The molecule has 0 saturated carbocycles. The molecular weight excluding hydrogens is 338 g/mol. The zero-order chi connectivity index (χ0) is 20.5. The minimum atomic E-state index is 0.874. The topological polar surface area (TPSA) is 26.0 Å². The SMILES string of the molecule is CC(C)CCCCCCCCCCCCCCCCCCCCCCCCN. The van der Waals surface area contributed by atoms with E-state index < -0.39 is 0 Å². The van der Waals surface area contributed by atoms with Crippen LogP contribution < -0.4 is 5.73 Å². The molecule has 28 heavy (non-hydrogen) atoms. The summed E-state index contributed by atoms with van der Waals surface area (Å²) in [6, 6.07) is 0. The van der Waals surface area contributed by atoms with Gasteiger partial charge in [-0.25, -0.2) is 0 Å².